The van der Waals surface area contributed by atoms with Gasteiger partial charge in [-0.3, -0.25) is 0 Å². The zero-order valence-corrected chi connectivity index (χ0v) is 10.6. The number of hydrogen-bond donors (Lipinski definition) is 0. The molecule has 2 nitrogen and oxygen atoms in total. The lowest BCUT2D eigenvalue weighted by Gasteiger charge is -2.08. The van der Waals surface area contributed by atoms with Gasteiger partial charge in [-0.25, -0.2) is 4.79 Å². The van der Waals surface area contributed by atoms with Crippen molar-refractivity contribution in [3.8, 4) is 0 Å². The van der Waals surface area contributed by atoms with Crippen molar-refractivity contribution >= 4 is 5.97 Å². The lowest BCUT2D eigenvalue weighted by Crippen LogP contribution is -2.05. The summed E-state index contributed by atoms with van der Waals surface area (Å²) in [4.78, 5) is 11.8. The normalized spacial score (nSPS) is 10.1. The molecule has 0 bridgehead atoms. The van der Waals surface area contributed by atoms with Crippen molar-refractivity contribution < 1.29 is 9.53 Å². The molecule has 0 aliphatic carbocycles. The highest BCUT2D eigenvalue weighted by Gasteiger charge is 2.07. The molecular formula is C16H16O2. The van der Waals surface area contributed by atoms with Crippen LogP contribution < -0.4 is 0 Å². The molecule has 0 N–H and O–H groups in total. The summed E-state index contributed by atoms with van der Waals surface area (Å²) < 4.78 is 5.30. The topological polar surface area (TPSA) is 26.3 Å². The van der Waals surface area contributed by atoms with Crippen LogP contribution in [0.3, 0.4) is 0 Å². The molecule has 0 unspecified atom stereocenters. The van der Waals surface area contributed by atoms with Crippen molar-refractivity contribution in [2.45, 2.75) is 20.5 Å². The second kappa shape index (κ2) is 5.50. The second-order valence-corrected chi connectivity index (χ2v) is 4.37. The van der Waals surface area contributed by atoms with Gasteiger partial charge in [0.1, 0.15) is 6.61 Å². The predicted molar refractivity (Wildman–Crippen MR) is 71.5 cm³/mol. The molecule has 0 amide bonds. The molecule has 92 valence electrons. The molecular weight excluding hydrogens is 224 g/mol. The van der Waals surface area contributed by atoms with Gasteiger partial charge in [0.25, 0.3) is 0 Å². The minimum atomic E-state index is -0.282. The third-order valence-corrected chi connectivity index (χ3v) is 2.87. The largest absolute Gasteiger partial charge is 0.457 e. The standard InChI is InChI=1S/C16H16O2/c1-12-8-9-15(13(2)10-12)11-18-16(17)14-6-4-3-5-7-14/h3-10H,11H2,1-2H3. The van der Waals surface area contributed by atoms with Crippen LogP contribution in [-0.4, -0.2) is 5.97 Å². The highest BCUT2D eigenvalue weighted by molar-refractivity contribution is 5.89. The molecule has 0 spiro atoms. The van der Waals surface area contributed by atoms with E-state index in [2.05, 4.69) is 6.07 Å². The van der Waals surface area contributed by atoms with E-state index in [1.54, 1.807) is 12.1 Å². The van der Waals surface area contributed by atoms with Crippen LogP contribution in [0.1, 0.15) is 27.0 Å². The van der Waals surface area contributed by atoms with E-state index < -0.39 is 0 Å². The van der Waals surface area contributed by atoms with E-state index in [1.807, 2.05) is 44.2 Å². The van der Waals surface area contributed by atoms with Gasteiger partial charge in [-0.05, 0) is 37.1 Å². The number of hydrogen-bond acceptors (Lipinski definition) is 2. The van der Waals surface area contributed by atoms with Gasteiger partial charge in [0, 0.05) is 0 Å². The first-order valence-electron chi connectivity index (χ1n) is 5.95. The first-order chi connectivity index (χ1) is 8.66. The minimum absolute atomic E-state index is 0.282. The number of carbonyl (C=O) groups is 1. The average molecular weight is 240 g/mol. The molecule has 0 aromatic heterocycles. The van der Waals surface area contributed by atoms with Gasteiger partial charge in [0.05, 0.1) is 5.56 Å². The second-order valence-electron chi connectivity index (χ2n) is 4.37. The van der Waals surface area contributed by atoms with E-state index in [0.29, 0.717) is 12.2 Å². The maximum Gasteiger partial charge on any atom is 0.338 e. The Labute approximate surface area is 107 Å². The van der Waals surface area contributed by atoms with E-state index in [9.17, 15) is 4.79 Å². The van der Waals surface area contributed by atoms with E-state index >= 15 is 0 Å². The molecule has 2 rings (SSSR count). The highest BCUT2D eigenvalue weighted by Crippen LogP contribution is 2.12. The number of ether oxygens (including phenoxy) is 1. The van der Waals surface area contributed by atoms with Crippen LogP contribution in [0.4, 0.5) is 0 Å². The Morgan fingerprint density at radius 1 is 1.06 bits per heavy atom. The van der Waals surface area contributed by atoms with Gasteiger partial charge in [-0.15, -0.1) is 0 Å². The predicted octanol–water partition coefficient (Wildman–Crippen LogP) is 3.66. The minimum Gasteiger partial charge on any atom is -0.457 e. The number of esters is 1. The van der Waals surface area contributed by atoms with Gasteiger partial charge >= 0.3 is 5.97 Å². The van der Waals surface area contributed by atoms with Crippen molar-refractivity contribution in [1.29, 1.82) is 0 Å². The van der Waals surface area contributed by atoms with Gasteiger partial charge < -0.3 is 4.74 Å². The zero-order chi connectivity index (χ0) is 13.0. The van der Waals surface area contributed by atoms with Crippen molar-refractivity contribution in [2.24, 2.45) is 0 Å². The Morgan fingerprint density at radius 3 is 2.44 bits per heavy atom. The summed E-state index contributed by atoms with van der Waals surface area (Å²) in [7, 11) is 0. The average Bonchev–Trinajstić information content (AvgIpc) is 2.38. The third-order valence-electron chi connectivity index (χ3n) is 2.87. The fourth-order valence-electron chi connectivity index (χ4n) is 1.81. The van der Waals surface area contributed by atoms with E-state index in [0.717, 1.165) is 11.1 Å². The van der Waals surface area contributed by atoms with Gasteiger partial charge in [0.15, 0.2) is 0 Å². The van der Waals surface area contributed by atoms with Crippen molar-refractivity contribution in [2.75, 3.05) is 0 Å². The van der Waals surface area contributed by atoms with Crippen molar-refractivity contribution in [3.05, 3.63) is 70.8 Å². The summed E-state index contributed by atoms with van der Waals surface area (Å²) in [5.41, 5.74) is 3.99. The molecule has 0 heterocycles. The number of benzene rings is 2. The fraction of sp³-hybridized carbons (Fsp3) is 0.188. The van der Waals surface area contributed by atoms with Crippen LogP contribution in [0.5, 0.6) is 0 Å². The van der Waals surface area contributed by atoms with Crippen LogP contribution in [0, 0.1) is 13.8 Å². The Bertz CT molecular complexity index is 544. The number of rotatable bonds is 3. The SMILES string of the molecule is Cc1ccc(COC(=O)c2ccccc2)c(C)c1. The van der Waals surface area contributed by atoms with Crippen LogP contribution in [0.15, 0.2) is 48.5 Å². The molecule has 2 aromatic rings. The maximum atomic E-state index is 11.8. The third kappa shape index (κ3) is 2.98. The lowest BCUT2D eigenvalue weighted by atomic mass is 10.1. The van der Waals surface area contributed by atoms with Crippen LogP contribution in [0.25, 0.3) is 0 Å². The van der Waals surface area contributed by atoms with Crippen LogP contribution in [-0.2, 0) is 11.3 Å². The summed E-state index contributed by atoms with van der Waals surface area (Å²) in [6.45, 7) is 4.39. The Morgan fingerprint density at radius 2 is 1.78 bits per heavy atom. The molecule has 0 saturated carbocycles. The Hall–Kier alpha value is -2.09. The fourth-order valence-corrected chi connectivity index (χ4v) is 1.81. The number of aryl methyl sites for hydroxylation is 2. The molecule has 2 aromatic carbocycles. The summed E-state index contributed by atoms with van der Waals surface area (Å²) in [5, 5.41) is 0. The molecule has 0 aliphatic heterocycles. The lowest BCUT2D eigenvalue weighted by molar-refractivity contribution is 0.0472. The van der Waals surface area contributed by atoms with Gasteiger partial charge in [-0.1, -0.05) is 42.0 Å². The quantitative estimate of drug-likeness (QED) is 0.765. The van der Waals surface area contributed by atoms with Crippen molar-refractivity contribution in [3.63, 3.8) is 0 Å². The zero-order valence-electron chi connectivity index (χ0n) is 10.6. The summed E-state index contributed by atoms with van der Waals surface area (Å²) in [5.74, 6) is -0.282. The number of carbonyl (C=O) groups excluding carboxylic acids is 1. The van der Waals surface area contributed by atoms with E-state index in [-0.39, 0.29) is 5.97 Å². The molecule has 0 aliphatic rings. The summed E-state index contributed by atoms with van der Waals surface area (Å²) in [6.07, 6.45) is 0. The Kier molecular flexibility index (Phi) is 3.78. The van der Waals surface area contributed by atoms with E-state index in [4.69, 9.17) is 4.74 Å². The van der Waals surface area contributed by atoms with Crippen molar-refractivity contribution in [1.82, 2.24) is 0 Å². The van der Waals surface area contributed by atoms with E-state index in [1.165, 1.54) is 5.56 Å². The molecule has 0 radical (unpaired) electrons. The molecule has 0 fully saturated rings. The van der Waals surface area contributed by atoms with Gasteiger partial charge in [0.2, 0.25) is 0 Å². The highest BCUT2D eigenvalue weighted by atomic mass is 16.5. The first-order valence-corrected chi connectivity index (χ1v) is 5.95. The molecule has 18 heavy (non-hydrogen) atoms. The molecule has 0 atom stereocenters. The van der Waals surface area contributed by atoms with Crippen LogP contribution in [0.2, 0.25) is 0 Å². The monoisotopic (exact) mass is 240 g/mol. The smallest absolute Gasteiger partial charge is 0.338 e. The summed E-state index contributed by atoms with van der Waals surface area (Å²) >= 11 is 0. The van der Waals surface area contributed by atoms with Gasteiger partial charge in [-0.2, -0.15) is 0 Å². The summed E-state index contributed by atoms with van der Waals surface area (Å²) in [6, 6.07) is 15.2. The van der Waals surface area contributed by atoms with Crippen LogP contribution >= 0.6 is 0 Å². The molecule has 0 saturated heterocycles. The molecule has 2 heteroatoms. The Balaban J connectivity index is 2.02. The maximum absolute atomic E-state index is 11.8. The first kappa shape index (κ1) is 12.4.